The second-order valence-electron chi connectivity index (χ2n) is 5.28. The van der Waals surface area contributed by atoms with Gasteiger partial charge in [0.15, 0.2) is 0 Å². The van der Waals surface area contributed by atoms with E-state index in [1.54, 1.807) is 0 Å². The maximum atomic E-state index is 6.04. The lowest BCUT2D eigenvalue weighted by Crippen LogP contribution is -2.15. The molecule has 0 saturated heterocycles. The number of benzene rings is 2. The predicted octanol–water partition coefficient (Wildman–Crippen LogP) is 4.80. The summed E-state index contributed by atoms with van der Waals surface area (Å²) in [5.41, 5.74) is 2.39. The molecule has 0 spiro atoms. The molecule has 2 aromatic carbocycles. The molecule has 1 saturated carbocycles. The quantitative estimate of drug-likeness (QED) is 0.849. The van der Waals surface area contributed by atoms with Crippen molar-refractivity contribution in [2.45, 2.75) is 32.4 Å². The van der Waals surface area contributed by atoms with E-state index in [1.165, 1.54) is 24.0 Å². The van der Waals surface area contributed by atoms with E-state index >= 15 is 0 Å². The molecule has 0 unspecified atom stereocenters. The van der Waals surface area contributed by atoms with Crippen LogP contribution >= 0.6 is 15.9 Å². The first kappa shape index (κ1) is 13.7. The highest BCUT2D eigenvalue weighted by molar-refractivity contribution is 9.10. The van der Waals surface area contributed by atoms with Crippen LogP contribution in [0.2, 0.25) is 0 Å². The lowest BCUT2D eigenvalue weighted by molar-refractivity contribution is 0.472. The summed E-state index contributed by atoms with van der Waals surface area (Å²) >= 11 is 3.51. The van der Waals surface area contributed by atoms with Gasteiger partial charge in [-0.2, -0.15) is 0 Å². The first-order valence-electron chi connectivity index (χ1n) is 6.97. The van der Waals surface area contributed by atoms with E-state index in [-0.39, 0.29) is 0 Å². The van der Waals surface area contributed by atoms with Gasteiger partial charge in [0.25, 0.3) is 0 Å². The van der Waals surface area contributed by atoms with Crippen LogP contribution in [0.25, 0.3) is 0 Å². The van der Waals surface area contributed by atoms with Crippen molar-refractivity contribution in [2.24, 2.45) is 0 Å². The van der Waals surface area contributed by atoms with Crippen LogP contribution in [0.15, 0.2) is 46.9 Å². The van der Waals surface area contributed by atoms with E-state index < -0.39 is 0 Å². The summed E-state index contributed by atoms with van der Waals surface area (Å²) in [5, 5.41) is 3.53. The fourth-order valence-electron chi connectivity index (χ4n) is 2.10. The highest BCUT2D eigenvalue weighted by Gasteiger charge is 2.20. The van der Waals surface area contributed by atoms with Crippen molar-refractivity contribution < 1.29 is 4.74 Å². The van der Waals surface area contributed by atoms with Crippen molar-refractivity contribution in [3.05, 3.63) is 58.1 Å². The van der Waals surface area contributed by atoms with Crippen molar-refractivity contribution in [1.82, 2.24) is 5.32 Å². The molecular formula is C17H18BrNO. The standard InChI is InChI=1S/C17H18BrNO/c1-12-10-15(8-9-16(12)18)20-17-5-3-2-4-13(17)11-19-14-6-7-14/h2-5,8-10,14,19H,6-7,11H2,1H3. The lowest BCUT2D eigenvalue weighted by Gasteiger charge is -2.12. The molecular weight excluding hydrogens is 314 g/mol. The first-order valence-corrected chi connectivity index (χ1v) is 7.77. The average Bonchev–Trinajstić information content (AvgIpc) is 3.26. The molecule has 0 amide bonds. The van der Waals surface area contributed by atoms with Crippen LogP contribution in [0.4, 0.5) is 0 Å². The van der Waals surface area contributed by atoms with E-state index in [2.05, 4.69) is 46.4 Å². The minimum atomic E-state index is 0.706. The molecule has 0 atom stereocenters. The molecule has 0 aliphatic heterocycles. The Morgan fingerprint density at radius 3 is 2.75 bits per heavy atom. The largest absolute Gasteiger partial charge is 0.457 e. The van der Waals surface area contributed by atoms with E-state index in [1.807, 2.05) is 24.3 Å². The summed E-state index contributed by atoms with van der Waals surface area (Å²) in [4.78, 5) is 0. The number of rotatable bonds is 5. The van der Waals surface area contributed by atoms with Gasteiger partial charge in [-0.25, -0.2) is 0 Å². The second kappa shape index (κ2) is 5.98. The van der Waals surface area contributed by atoms with Gasteiger partial charge in [0.2, 0.25) is 0 Å². The topological polar surface area (TPSA) is 21.3 Å². The number of hydrogen-bond acceptors (Lipinski definition) is 2. The van der Waals surface area contributed by atoms with Gasteiger partial charge in [-0.1, -0.05) is 34.1 Å². The zero-order valence-corrected chi connectivity index (χ0v) is 13.1. The molecule has 1 aliphatic carbocycles. The molecule has 0 radical (unpaired) electrons. The molecule has 2 nitrogen and oxygen atoms in total. The molecule has 0 aromatic heterocycles. The van der Waals surface area contributed by atoms with Gasteiger partial charge in [-0.3, -0.25) is 0 Å². The van der Waals surface area contributed by atoms with Gasteiger partial charge < -0.3 is 10.1 Å². The SMILES string of the molecule is Cc1cc(Oc2ccccc2CNC2CC2)ccc1Br. The molecule has 3 rings (SSSR count). The maximum Gasteiger partial charge on any atom is 0.131 e. The van der Waals surface area contributed by atoms with E-state index in [0.29, 0.717) is 6.04 Å². The zero-order chi connectivity index (χ0) is 13.9. The number of para-hydroxylation sites is 1. The summed E-state index contributed by atoms with van der Waals surface area (Å²) < 4.78 is 7.14. The Morgan fingerprint density at radius 1 is 1.20 bits per heavy atom. The molecule has 20 heavy (non-hydrogen) atoms. The molecule has 1 fully saturated rings. The minimum absolute atomic E-state index is 0.706. The highest BCUT2D eigenvalue weighted by Crippen LogP contribution is 2.29. The molecule has 1 aliphatic rings. The predicted molar refractivity (Wildman–Crippen MR) is 85.3 cm³/mol. The fourth-order valence-corrected chi connectivity index (χ4v) is 2.35. The number of halogens is 1. The van der Waals surface area contributed by atoms with Gasteiger partial charge in [0, 0.05) is 22.6 Å². The Bertz CT molecular complexity index is 608. The summed E-state index contributed by atoms with van der Waals surface area (Å²) in [6.45, 7) is 2.94. The Morgan fingerprint density at radius 2 is 2.00 bits per heavy atom. The third kappa shape index (κ3) is 3.41. The maximum absolute atomic E-state index is 6.04. The molecule has 2 aromatic rings. The fraction of sp³-hybridized carbons (Fsp3) is 0.294. The molecule has 104 valence electrons. The first-order chi connectivity index (χ1) is 9.72. The molecule has 0 bridgehead atoms. The van der Waals surface area contributed by atoms with Crippen LogP contribution in [0.5, 0.6) is 11.5 Å². The van der Waals surface area contributed by atoms with Gasteiger partial charge in [0.1, 0.15) is 11.5 Å². The number of aryl methyl sites for hydroxylation is 1. The lowest BCUT2D eigenvalue weighted by atomic mass is 10.2. The summed E-state index contributed by atoms with van der Waals surface area (Å²) in [6, 6.07) is 15.0. The average molecular weight is 332 g/mol. The van der Waals surface area contributed by atoms with Crippen LogP contribution in [0.3, 0.4) is 0 Å². The van der Waals surface area contributed by atoms with Gasteiger partial charge in [-0.15, -0.1) is 0 Å². The van der Waals surface area contributed by atoms with E-state index in [0.717, 1.165) is 22.5 Å². The van der Waals surface area contributed by atoms with Gasteiger partial charge in [0.05, 0.1) is 0 Å². The smallest absolute Gasteiger partial charge is 0.131 e. The third-order valence-corrected chi connectivity index (χ3v) is 4.38. The summed E-state index contributed by atoms with van der Waals surface area (Å²) in [6.07, 6.45) is 2.60. The molecule has 1 N–H and O–H groups in total. The number of nitrogens with one attached hydrogen (secondary N) is 1. The Labute approximate surface area is 128 Å². The highest BCUT2D eigenvalue weighted by atomic mass is 79.9. The third-order valence-electron chi connectivity index (χ3n) is 3.49. The zero-order valence-electron chi connectivity index (χ0n) is 11.5. The van der Waals surface area contributed by atoms with E-state index in [9.17, 15) is 0 Å². The van der Waals surface area contributed by atoms with Crippen LogP contribution in [-0.2, 0) is 6.54 Å². The molecule has 0 heterocycles. The normalized spacial score (nSPS) is 14.3. The second-order valence-corrected chi connectivity index (χ2v) is 6.13. The van der Waals surface area contributed by atoms with Gasteiger partial charge >= 0.3 is 0 Å². The summed E-state index contributed by atoms with van der Waals surface area (Å²) in [7, 11) is 0. The summed E-state index contributed by atoms with van der Waals surface area (Å²) in [5.74, 6) is 1.81. The van der Waals surface area contributed by atoms with Crippen LogP contribution in [0.1, 0.15) is 24.0 Å². The van der Waals surface area contributed by atoms with Crippen LogP contribution in [0, 0.1) is 6.92 Å². The van der Waals surface area contributed by atoms with Crippen molar-refractivity contribution in [2.75, 3.05) is 0 Å². The number of hydrogen-bond donors (Lipinski definition) is 1. The van der Waals surface area contributed by atoms with E-state index in [4.69, 9.17) is 4.74 Å². The minimum Gasteiger partial charge on any atom is -0.457 e. The number of ether oxygens (including phenoxy) is 1. The Hall–Kier alpha value is -1.32. The Balaban J connectivity index is 1.76. The monoisotopic (exact) mass is 331 g/mol. The van der Waals surface area contributed by atoms with Gasteiger partial charge in [-0.05, 0) is 49.6 Å². The van der Waals surface area contributed by atoms with Crippen LogP contribution in [-0.4, -0.2) is 6.04 Å². The van der Waals surface area contributed by atoms with Crippen molar-refractivity contribution in [3.63, 3.8) is 0 Å². The Kier molecular flexibility index (Phi) is 4.08. The molecule has 3 heteroatoms. The van der Waals surface area contributed by atoms with Crippen LogP contribution < -0.4 is 10.1 Å². The van der Waals surface area contributed by atoms with Crippen molar-refractivity contribution in [1.29, 1.82) is 0 Å². The van der Waals surface area contributed by atoms with Crippen molar-refractivity contribution in [3.8, 4) is 11.5 Å². The van der Waals surface area contributed by atoms with Crippen molar-refractivity contribution >= 4 is 15.9 Å².